The molecular formula is C25H20F6N2O. The second-order valence-corrected chi connectivity index (χ2v) is 8.08. The summed E-state index contributed by atoms with van der Waals surface area (Å²) < 4.78 is 78.1. The van der Waals surface area contributed by atoms with Gasteiger partial charge in [0.15, 0.2) is 0 Å². The van der Waals surface area contributed by atoms with E-state index in [4.69, 9.17) is 0 Å². The maximum absolute atomic E-state index is 13.0. The Morgan fingerprint density at radius 3 is 2.00 bits per heavy atom. The molecular weight excluding hydrogens is 458 g/mol. The van der Waals surface area contributed by atoms with Gasteiger partial charge in [0.05, 0.1) is 11.1 Å². The maximum atomic E-state index is 13.0. The van der Waals surface area contributed by atoms with Crippen molar-refractivity contribution >= 4 is 11.6 Å². The average molecular weight is 478 g/mol. The number of carbonyl (C=O) groups is 1. The maximum Gasteiger partial charge on any atom is 0.416 e. The highest BCUT2D eigenvalue weighted by molar-refractivity contribution is 5.94. The van der Waals surface area contributed by atoms with Gasteiger partial charge in [0.25, 0.3) is 5.91 Å². The Hall–Kier alpha value is -3.49. The summed E-state index contributed by atoms with van der Waals surface area (Å²) in [5.74, 6) is -0.596. The van der Waals surface area contributed by atoms with Crippen molar-refractivity contribution in [3.05, 3.63) is 100 Å². The number of amides is 1. The van der Waals surface area contributed by atoms with Gasteiger partial charge < -0.3 is 10.2 Å². The predicted octanol–water partition coefficient (Wildman–Crippen LogP) is 6.22. The summed E-state index contributed by atoms with van der Waals surface area (Å²) in [5, 5.41) is 2.40. The van der Waals surface area contributed by atoms with Crippen LogP contribution < -0.4 is 10.2 Å². The molecule has 1 aliphatic heterocycles. The molecule has 9 heteroatoms. The first-order valence-corrected chi connectivity index (χ1v) is 10.5. The Kier molecular flexibility index (Phi) is 6.29. The highest BCUT2D eigenvalue weighted by atomic mass is 19.4. The molecule has 1 heterocycles. The number of halogens is 6. The standard InChI is InChI=1S/C25H20F6N2O/c26-24(27,28)20-11-16(12-21(13-20)25(29,30)31)14-32-23(34)18-5-7-22(8-6-18)33-10-9-17-3-1-2-4-19(17)15-33/h1-8,11-13H,9-10,14-15H2,(H,32,34). The molecule has 1 amide bonds. The van der Waals surface area contributed by atoms with Crippen LogP contribution in [0, 0.1) is 0 Å². The highest BCUT2D eigenvalue weighted by Crippen LogP contribution is 2.36. The van der Waals surface area contributed by atoms with Crippen molar-refractivity contribution in [3.63, 3.8) is 0 Å². The van der Waals surface area contributed by atoms with E-state index in [9.17, 15) is 31.1 Å². The van der Waals surface area contributed by atoms with E-state index < -0.39 is 35.9 Å². The van der Waals surface area contributed by atoms with Crippen LogP contribution in [-0.2, 0) is 31.9 Å². The molecule has 0 fully saturated rings. The van der Waals surface area contributed by atoms with E-state index in [1.807, 2.05) is 12.1 Å². The third-order valence-corrected chi connectivity index (χ3v) is 5.73. The Morgan fingerprint density at radius 1 is 0.824 bits per heavy atom. The van der Waals surface area contributed by atoms with Gasteiger partial charge in [-0.3, -0.25) is 4.79 Å². The zero-order chi connectivity index (χ0) is 24.5. The molecule has 0 saturated heterocycles. The van der Waals surface area contributed by atoms with Crippen molar-refractivity contribution in [1.82, 2.24) is 5.32 Å². The molecule has 178 valence electrons. The molecule has 0 spiro atoms. The van der Waals surface area contributed by atoms with Gasteiger partial charge in [-0.25, -0.2) is 0 Å². The lowest BCUT2D eigenvalue weighted by Crippen LogP contribution is -2.30. The summed E-state index contributed by atoms with van der Waals surface area (Å²) in [6.45, 7) is 1.08. The van der Waals surface area contributed by atoms with Crippen molar-refractivity contribution in [2.24, 2.45) is 0 Å². The Balaban J connectivity index is 1.44. The van der Waals surface area contributed by atoms with Gasteiger partial charge in [-0.1, -0.05) is 24.3 Å². The van der Waals surface area contributed by atoms with Crippen molar-refractivity contribution in [2.75, 3.05) is 11.4 Å². The van der Waals surface area contributed by atoms with Gasteiger partial charge >= 0.3 is 12.4 Å². The summed E-state index contributed by atoms with van der Waals surface area (Å²) in [6.07, 6.45) is -8.98. The van der Waals surface area contributed by atoms with Crippen LogP contribution in [0.1, 0.15) is 38.2 Å². The predicted molar refractivity (Wildman–Crippen MR) is 115 cm³/mol. The molecule has 0 radical (unpaired) electrons. The van der Waals surface area contributed by atoms with Gasteiger partial charge in [0.2, 0.25) is 0 Å². The van der Waals surface area contributed by atoms with E-state index in [0.717, 1.165) is 25.2 Å². The summed E-state index contributed by atoms with van der Waals surface area (Å²) in [7, 11) is 0. The number of rotatable bonds is 4. The monoisotopic (exact) mass is 478 g/mol. The van der Waals surface area contributed by atoms with Crippen molar-refractivity contribution < 1.29 is 31.1 Å². The van der Waals surface area contributed by atoms with Gasteiger partial charge in [0, 0.05) is 30.9 Å². The fourth-order valence-corrected chi connectivity index (χ4v) is 3.95. The average Bonchev–Trinajstić information content (AvgIpc) is 2.81. The van der Waals surface area contributed by atoms with Crippen LogP contribution in [0.3, 0.4) is 0 Å². The summed E-state index contributed by atoms with van der Waals surface area (Å²) in [6, 6.07) is 16.1. The number of carbonyl (C=O) groups excluding carboxylic acids is 1. The van der Waals surface area contributed by atoms with Crippen LogP contribution in [0.15, 0.2) is 66.7 Å². The summed E-state index contributed by atoms with van der Waals surface area (Å²) >= 11 is 0. The Bertz CT molecular complexity index is 1150. The first kappa shape index (κ1) is 23.7. The number of anilines is 1. The van der Waals surface area contributed by atoms with Crippen LogP contribution in [0.2, 0.25) is 0 Å². The molecule has 4 rings (SSSR count). The molecule has 0 unspecified atom stereocenters. The first-order valence-electron chi connectivity index (χ1n) is 10.5. The lowest BCUT2D eigenvalue weighted by atomic mass is 9.99. The normalized spacial score (nSPS) is 14.0. The molecule has 0 atom stereocenters. The van der Waals surface area contributed by atoms with E-state index in [1.54, 1.807) is 24.3 Å². The number of hydrogen-bond acceptors (Lipinski definition) is 2. The van der Waals surface area contributed by atoms with Crippen LogP contribution in [0.25, 0.3) is 0 Å². The molecule has 1 aliphatic rings. The zero-order valence-corrected chi connectivity index (χ0v) is 17.8. The largest absolute Gasteiger partial charge is 0.416 e. The lowest BCUT2D eigenvalue weighted by Gasteiger charge is -2.30. The van der Waals surface area contributed by atoms with Crippen molar-refractivity contribution in [3.8, 4) is 0 Å². The molecule has 0 saturated carbocycles. The second-order valence-electron chi connectivity index (χ2n) is 8.08. The van der Waals surface area contributed by atoms with Crippen LogP contribution >= 0.6 is 0 Å². The molecule has 0 aliphatic carbocycles. The minimum atomic E-state index is -4.94. The number of benzene rings is 3. The molecule has 0 bridgehead atoms. The van der Waals surface area contributed by atoms with Crippen LogP contribution in [0.4, 0.5) is 32.0 Å². The van der Waals surface area contributed by atoms with E-state index in [0.29, 0.717) is 12.1 Å². The quantitative estimate of drug-likeness (QED) is 0.452. The summed E-state index contributed by atoms with van der Waals surface area (Å²) in [5.41, 5.74) is 0.577. The highest BCUT2D eigenvalue weighted by Gasteiger charge is 2.36. The van der Waals surface area contributed by atoms with E-state index in [1.165, 1.54) is 11.1 Å². The van der Waals surface area contributed by atoms with Crippen molar-refractivity contribution in [2.45, 2.75) is 31.9 Å². The fourth-order valence-electron chi connectivity index (χ4n) is 3.95. The van der Waals surface area contributed by atoms with Gasteiger partial charge in [-0.15, -0.1) is 0 Å². The molecule has 3 nitrogen and oxygen atoms in total. The Morgan fingerprint density at radius 2 is 1.41 bits per heavy atom. The molecule has 3 aromatic carbocycles. The molecule has 34 heavy (non-hydrogen) atoms. The SMILES string of the molecule is O=C(NCc1cc(C(F)(F)F)cc(C(F)(F)F)c1)c1ccc(N2CCc3ccccc3C2)cc1. The van der Waals surface area contributed by atoms with Gasteiger partial charge in [0.1, 0.15) is 0 Å². The molecule has 1 N–H and O–H groups in total. The third kappa shape index (κ3) is 5.35. The smallest absolute Gasteiger partial charge is 0.367 e. The van der Waals surface area contributed by atoms with Crippen LogP contribution in [0.5, 0.6) is 0 Å². The summed E-state index contributed by atoms with van der Waals surface area (Å²) in [4.78, 5) is 14.6. The number of fused-ring (bicyclic) bond motifs is 1. The number of hydrogen-bond donors (Lipinski definition) is 1. The van der Waals surface area contributed by atoms with E-state index >= 15 is 0 Å². The zero-order valence-electron chi connectivity index (χ0n) is 17.8. The third-order valence-electron chi connectivity index (χ3n) is 5.73. The lowest BCUT2D eigenvalue weighted by molar-refractivity contribution is -0.143. The van der Waals surface area contributed by atoms with E-state index in [2.05, 4.69) is 22.3 Å². The topological polar surface area (TPSA) is 32.3 Å². The van der Waals surface area contributed by atoms with Crippen molar-refractivity contribution in [1.29, 1.82) is 0 Å². The van der Waals surface area contributed by atoms with Gasteiger partial charge in [-0.2, -0.15) is 26.3 Å². The van der Waals surface area contributed by atoms with E-state index in [-0.39, 0.29) is 17.2 Å². The van der Waals surface area contributed by atoms with Gasteiger partial charge in [-0.05, 0) is 65.6 Å². The Labute approximate surface area is 192 Å². The molecule has 0 aromatic heterocycles. The van der Waals surface area contributed by atoms with Crippen LogP contribution in [-0.4, -0.2) is 12.5 Å². The number of alkyl halides is 6. The number of nitrogens with zero attached hydrogens (tertiary/aromatic N) is 1. The molecule has 3 aromatic rings. The minimum Gasteiger partial charge on any atom is -0.367 e. The fraction of sp³-hybridized carbons (Fsp3) is 0.240. The number of nitrogens with one attached hydrogen (secondary N) is 1. The second kappa shape index (κ2) is 9.04. The minimum absolute atomic E-state index is 0.0586. The first-order chi connectivity index (χ1) is 16.0.